The second-order valence-corrected chi connectivity index (χ2v) is 6.72. The highest BCUT2D eigenvalue weighted by Crippen LogP contribution is 2.40. The van der Waals surface area contributed by atoms with E-state index in [4.69, 9.17) is 17.3 Å². The van der Waals surface area contributed by atoms with Gasteiger partial charge in [-0.05, 0) is 50.1 Å². The third-order valence-corrected chi connectivity index (χ3v) is 5.10. The summed E-state index contributed by atoms with van der Waals surface area (Å²) in [4.78, 5) is 12.9. The monoisotopic (exact) mass is 298 g/mol. The van der Waals surface area contributed by atoms with Crippen LogP contribution >= 0.6 is 23.4 Å². The van der Waals surface area contributed by atoms with Gasteiger partial charge in [0.25, 0.3) is 0 Å². The molecule has 19 heavy (non-hydrogen) atoms. The maximum Gasteiger partial charge on any atom is 0.237 e. The molecule has 3 N–H and O–H groups in total. The highest BCUT2D eigenvalue weighted by molar-refractivity contribution is 8.00. The zero-order valence-corrected chi connectivity index (χ0v) is 12.6. The van der Waals surface area contributed by atoms with E-state index >= 15 is 0 Å². The smallest absolute Gasteiger partial charge is 0.237 e. The molecule has 3 nitrogen and oxygen atoms in total. The molecule has 0 spiro atoms. The van der Waals surface area contributed by atoms with Gasteiger partial charge in [0.05, 0.1) is 5.54 Å². The summed E-state index contributed by atoms with van der Waals surface area (Å²) in [6.45, 7) is 2.77. The summed E-state index contributed by atoms with van der Waals surface area (Å²) in [5.74, 6) is -0.228. The first kappa shape index (κ1) is 14.7. The van der Waals surface area contributed by atoms with Crippen LogP contribution in [0.1, 0.15) is 26.2 Å². The number of nitrogens with two attached hydrogens (primary N) is 1. The molecule has 1 amide bonds. The van der Waals surface area contributed by atoms with E-state index < -0.39 is 5.54 Å². The Bertz CT molecular complexity index is 451. The number of hydrogen-bond donors (Lipinski definition) is 2. The van der Waals surface area contributed by atoms with Gasteiger partial charge >= 0.3 is 0 Å². The largest absolute Gasteiger partial charge is 0.368 e. The van der Waals surface area contributed by atoms with E-state index in [0.717, 1.165) is 30.8 Å². The zero-order chi connectivity index (χ0) is 13.9. The van der Waals surface area contributed by atoms with Crippen molar-refractivity contribution in [1.82, 2.24) is 5.32 Å². The number of hydrogen-bond acceptors (Lipinski definition) is 3. The SMILES string of the molecule is CCNC1(C(N)=O)CCC(Sc2ccc(Cl)cc2)C1. The van der Waals surface area contributed by atoms with Crippen LogP contribution in [0, 0.1) is 0 Å². The van der Waals surface area contributed by atoms with Crippen molar-refractivity contribution >= 4 is 29.3 Å². The summed E-state index contributed by atoms with van der Waals surface area (Å²) < 4.78 is 0. The van der Waals surface area contributed by atoms with E-state index in [2.05, 4.69) is 5.32 Å². The molecule has 0 aromatic heterocycles. The molecule has 2 rings (SSSR count). The van der Waals surface area contributed by atoms with Gasteiger partial charge in [-0.25, -0.2) is 0 Å². The lowest BCUT2D eigenvalue weighted by molar-refractivity contribution is -0.124. The van der Waals surface area contributed by atoms with Crippen molar-refractivity contribution in [3.8, 4) is 0 Å². The molecule has 104 valence electrons. The van der Waals surface area contributed by atoms with Gasteiger partial charge in [-0.2, -0.15) is 0 Å². The zero-order valence-electron chi connectivity index (χ0n) is 11.0. The Morgan fingerprint density at radius 2 is 2.21 bits per heavy atom. The topological polar surface area (TPSA) is 55.1 Å². The fraction of sp³-hybridized carbons (Fsp3) is 0.500. The minimum atomic E-state index is -0.515. The summed E-state index contributed by atoms with van der Waals surface area (Å²) in [5.41, 5.74) is 5.05. The molecule has 0 saturated heterocycles. The fourth-order valence-electron chi connectivity index (χ4n) is 2.62. The van der Waals surface area contributed by atoms with Gasteiger partial charge in [0.1, 0.15) is 0 Å². The number of thioether (sulfide) groups is 1. The van der Waals surface area contributed by atoms with E-state index in [1.165, 1.54) is 4.90 Å². The van der Waals surface area contributed by atoms with Crippen molar-refractivity contribution in [1.29, 1.82) is 0 Å². The Morgan fingerprint density at radius 3 is 2.79 bits per heavy atom. The fourth-order valence-corrected chi connectivity index (χ4v) is 4.02. The van der Waals surface area contributed by atoms with Crippen LogP contribution in [0.3, 0.4) is 0 Å². The van der Waals surface area contributed by atoms with Gasteiger partial charge in [0.15, 0.2) is 0 Å². The summed E-state index contributed by atoms with van der Waals surface area (Å²) in [5, 5.41) is 4.44. The Balaban J connectivity index is 2.01. The average molecular weight is 299 g/mol. The number of likely N-dealkylation sites (N-methyl/N-ethyl adjacent to an activating group) is 1. The van der Waals surface area contributed by atoms with Gasteiger partial charge in [-0.15, -0.1) is 11.8 Å². The van der Waals surface area contributed by atoms with Crippen LogP contribution in [0.5, 0.6) is 0 Å². The number of carbonyl (C=O) groups excluding carboxylic acids is 1. The molecule has 2 unspecified atom stereocenters. The molecule has 1 aliphatic carbocycles. The normalized spacial score (nSPS) is 26.5. The molecule has 0 aliphatic heterocycles. The van der Waals surface area contributed by atoms with Crippen molar-refractivity contribution in [3.05, 3.63) is 29.3 Å². The maximum absolute atomic E-state index is 11.7. The summed E-state index contributed by atoms with van der Waals surface area (Å²) in [6, 6.07) is 7.82. The number of carbonyl (C=O) groups is 1. The summed E-state index contributed by atoms with van der Waals surface area (Å²) >= 11 is 7.68. The minimum absolute atomic E-state index is 0.228. The van der Waals surface area contributed by atoms with Gasteiger partial charge in [-0.3, -0.25) is 4.79 Å². The Labute approximate surface area is 123 Å². The summed E-state index contributed by atoms with van der Waals surface area (Å²) in [7, 11) is 0. The van der Waals surface area contributed by atoms with Crippen molar-refractivity contribution in [3.63, 3.8) is 0 Å². The maximum atomic E-state index is 11.7. The second kappa shape index (κ2) is 6.16. The molecule has 1 fully saturated rings. The first-order valence-corrected chi connectivity index (χ1v) is 7.78. The molecule has 5 heteroatoms. The second-order valence-electron chi connectivity index (χ2n) is 4.91. The molecule has 1 saturated carbocycles. The number of rotatable bonds is 5. The van der Waals surface area contributed by atoms with E-state index in [9.17, 15) is 4.79 Å². The number of halogens is 1. The van der Waals surface area contributed by atoms with Crippen molar-refractivity contribution in [2.24, 2.45) is 5.73 Å². The Hall–Kier alpha value is -0.710. The van der Waals surface area contributed by atoms with E-state index in [0.29, 0.717) is 5.25 Å². The van der Waals surface area contributed by atoms with E-state index in [-0.39, 0.29) is 5.91 Å². The van der Waals surface area contributed by atoms with Gasteiger partial charge < -0.3 is 11.1 Å². The molecule has 1 aromatic rings. The van der Waals surface area contributed by atoms with Gasteiger partial charge in [0.2, 0.25) is 5.91 Å². The standard InChI is InChI=1S/C14H19ClN2OS/c1-2-17-14(13(16)18)8-7-12(9-14)19-11-5-3-10(15)4-6-11/h3-6,12,17H,2,7-9H2,1H3,(H2,16,18). The van der Waals surface area contributed by atoms with Crippen LogP contribution in [0.15, 0.2) is 29.2 Å². The predicted octanol–water partition coefficient (Wildman–Crippen LogP) is 2.82. The van der Waals surface area contributed by atoms with Crippen molar-refractivity contribution in [2.45, 2.75) is 41.9 Å². The molecule has 0 radical (unpaired) electrons. The third kappa shape index (κ3) is 3.44. The Morgan fingerprint density at radius 1 is 1.53 bits per heavy atom. The van der Waals surface area contributed by atoms with Gasteiger partial charge in [0, 0.05) is 15.2 Å². The number of benzene rings is 1. The summed E-state index contributed by atoms with van der Waals surface area (Å²) in [6.07, 6.45) is 2.62. The van der Waals surface area contributed by atoms with E-state index in [1.807, 2.05) is 31.2 Å². The first-order valence-electron chi connectivity index (χ1n) is 6.53. The lowest BCUT2D eigenvalue weighted by Gasteiger charge is -2.26. The van der Waals surface area contributed by atoms with Gasteiger partial charge in [-0.1, -0.05) is 18.5 Å². The molecular formula is C14H19ClN2OS. The van der Waals surface area contributed by atoms with Crippen LogP contribution in [0.4, 0.5) is 0 Å². The average Bonchev–Trinajstić information content (AvgIpc) is 2.77. The quantitative estimate of drug-likeness (QED) is 0.879. The van der Waals surface area contributed by atoms with E-state index in [1.54, 1.807) is 11.8 Å². The third-order valence-electron chi connectivity index (χ3n) is 3.57. The minimum Gasteiger partial charge on any atom is -0.368 e. The van der Waals surface area contributed by atoms with Crippen LogP contribution in [-0.4, -0.2) is 23.2 Å². The van der Waals surface area contributed by atoms with Crippen LogP contribution in [-0.2, 0) is 4.79 Å². The highest BCUT2D eigenvalue weighted by atomic mass is 35.5. The molecule has 0 bridgehead atoms. The van der Waals surface area contributed by atoms with Crippen molar-refractivity contribution < 1.29 is 4.79 Å². The Kier molecular flexibility index (Phi) is 4.76. The molecule has 1 aromatic carbocycles. The predicted molar refractivity (Wildman–Crippen MR) is 80.6 cm³/mol. The lowest BCUT2D eigenvalue weighted by atomic mass is 9.97. The van der Waals surface area contributed by atoms with Crippen molar-refractivity contribution in [2.75, 3.05) is 6.54 Å². The first-order chi connectivity index (χ1) is 9.05. The number of primary amides is 1. The number of nitrogens with one attached hydrogen (secondary N) is 1. The molecule has 1 aliphatic rings. The number of amides is 1. The molecular weight excluding hydrogens is 280 g/mol. The highest BCUT2D eigenvalue weighted by Gasteiger charge is 2.43. The molecule has 2 atom stereocenters. The van der Waals surface area contributed by atoms with Crippen LogP contribution in [0.2, 0.25) is 5.02 Å². The molecule has 0 heterocycles. The van der Waals surface area contributed by atoms with Crippen LogP contribution < -0.4 is 11.1 Å². The van der Waals surface area contributed by atoms with Crippen LogP contribution in [0.25, 0.3) is 0 Å². The lowest BCUT2D eigenvalue weighted by Crippen LogP contribution is -2.53.